The van der Waals surface area contributed by atoms with Crippen molar-refractivity contribution in [3.63, 3.8) is 0 Å². The van der Waals surface area contributed by atoms with Gasteiger partial charge in [-0.1, -0.05) is 18.2 Å². The van der Waals surface area contributed by atoms with Crippen LogP contribution in [0.2, 0.25) is 0 Å². The zero-order chi connectivity index (χ0) is 17.0. The molecular weight excluding hydrogens is 382 g/mol. The fourth-order valence-electron chi connectivity index (χ4n) is 2.11. The summed E-state index contributed by atoms with van der Waals surface area (Å²) in [5.74, 6) is 0.547. The van der Waals surface area contributed by atoms with Gasteiger partial charge in [0.15, 0.2) is 0 Å². The van der Waals surface area contributed by atoms with Crippen molar-refractivity contribution in [3.05, 3.63) is 53.0 Å². The summed E-state index contributed by atoms with van der Waals surface area (Å²) in [4.78, 5) is 0.120. The number of aliphatic hydroxyl groups excluding tert-OH is 1. The van der Waals surface area contributed by atoms with Crippen LogP contribution in [-0.4, -0.2) is 33.3 Å². The van der Waals surface area contributed by atoms with Gasteiger partial charge < -0.3 is 9.84 Å². The van der Waals surface area contributed by atoms with E-state index in [1.807, 2.05) is 0 Å². The lowest BCUT2D eigenvalue weighted by atomic mass is 10.3. The molecule has 0 aromatic heterocycles. The van der Waals surface area contributed by atoms with E-state index in [0.717, 1.165) is 0 Å². The molecule has 0 spiro atoms. The van der Waals surface area contributed by atoms with E-state index in [9.17, 15) is 13.5 Å². The predicted octanol–water partition coefficient (Wildman–Crippen LogP) is 3.03. The SMILES string of the molecule is COc1ccc(S(=O)(=O)N(CC(C)O)c2ccccc2)cc1Br. The van der Waals surface area contributed by atoms with Crippen LogP contribution in [0, 0.1) is 0 Å². The molecule has 7 heteroatoms. The maximum atomic E-state index is 13.0. The number of hydrogen-bond donors (Lipinski definition) is 1. The third-order valence-corrected chi connectivity index (χ3v) is 5.60. The monoisotopic (exact) mass is 399 g/mol. The Kier molecular flexibility index (Phi) is 5.67. The smallest absolute Gasteiger partial charge is 0.264 e. The van der Waals surface area contributed by atoms with Gasteiger partial charge in [-0.2, -0.15) is 0 Å². The molecule has 1 unspecified atom stereocenters. The number of methoxy groups -OCH3 is 1. The summed E-state index contributed by atoms with van der Waals surface area (Å²) in [5.41, 5.74) is 0.500. The quantitative estimate of drug-likeness (QED) is 0.810. The highest BCUT2D eigenvalue weighted by molar-refractivity contribution is 9.10. The number of ether oxygens (including phenoxy) is 1. The van der Waals surface area contributed by atoms with Crippen molar-refractivity contribution in [1.29, 1.82) is 0 Å². The van der Waals surface area contributed by atoms with Gasteiger partial charge >= 0.3 is 0 Å². The Bertz CT molecular complexity index is 763. The second-order valence-corrected chi connectivity index (χ2v) is 7.73. The molecule has 0 saturated carbocycles. The third-order valence-electron chi connectivity index (χ3n) is 3.19. The molecule has 124 valence electrons. The van der Waals surface area contributed by atoms with Gasteiger partial charge in [0.05, 0.1) is 34.8 Å². The summed E-state index contributed by atoms with van der Waals surface area (Å²) in [7, 11) is -2.30. The van der Waals surface area contributed by atoms with Gasteiger partial charge in [0, 0.05) is 0 Å². The van der Waals surface area contributed by atoms with Crippen LogP contribution in [0.3, 0.4) is 0 Å². The van der Waals surface area contributed by atoms with Crippen LogP contribution in [0.5, 0.6) is 5.75 Å². The number of aliphatic hydroxyl groups is 1. The molecule has 5 nitrogen and oxygen atoms in total. The molecule has 1 atom stereocenters. The van der Waals surface area contributed by atoms with Crippen molar-refractivity contribution in [2.75, 3.05) is 18.0 Å². The predicted molar refractivity (Wildman–Crippen MR) is 93.3 cm³/mol. The first-order valence-electron chi connectivity index (χ1n) is 6.95. The zero-order valence-electron chi connectivity index (χ0n) is 12.8. The zero-order valence-corrected chi connectivity index (χ0v) is 15.2. The van der Waals surface area contributed by atoms with E-state index in [0.29, 0.717) is 15.9 Å². The molecule has 2 rings (SSSR count). The molecule has 0 aliphatic rings. The number of hydrogen-bond acceptors (Lipinski definition) is 4. The molecule has 0 bridgehead atoms. The normalized spacial score (nSPS) is 12.7. The maximum Gasteiger partial charge on any atom is 0.264 e. The van der Waals surface area contributed by atoms with Gasteiger partial charge in [0.2, 0.25) is 0 Å². The largest absolute Gasteiger partial charge is 0.496 e. The lowest BCUT2D eigenvalue weighted by molar-refractivity contribution is 0.204. The van der Waals surface area contributed by atoms with Gasteiger partial charge in [0.25, 0.3) is 10.0 Å². The molecule has 2 aromatic rings. The average Bonchev–Trinajstić information content (AvgIpc) is 2.53. The average molecular weight is 400 g/mol. The molecule has 0 saturated heterocycles. The fourth-order valence-corrected chi connectivity index (χ4v) is 4.38. The number of nitrogens with zero attached hydrogens (tertiary/aromatic N) is 1. The van der Waals surface area contributed by atoms with Crippen LogP contribution < -0.4 is 9.04 Å². The topological polar surface area (TPSA) is 66.8 Å². The second kappa shape index (κ2) is 7.33. The number of sulfonamides is 1. The first-order chi connectivity index (χ1) is 10.9. The molecule has 0 heterocycles. The van der Waals surface area contributed by atoms with E-state index in [2.05, 4.69) is 15.9 Å². The minimum Gasteiger partial charge on any atom is -0.496 e. The van der Waals surface area contributed by atoms with Gasteiger partial charge in [-0.3, -0.25) is 4.31 Å². The van der Waals surface area contributed by atoms with Crippen molar-refractivity contribution in [2.45, 2.75) is 17.9 Å². The molecule has 0 aliphatic heterocycles. The maximum absolute atomic E-state index is 13.0. The minimum atomic E-state index is -3.81. The fraction of sp³-hybridized carbons (Fsp3) is 0.250. The molecule has 0 amide bonds. The van der Waals surface area contributed by atoms with Crippen LogP contribution in [0.1, 0.15) is 6.92 Å². The lowest BCUT2D eigenvalue weighted by Crippen LogP contribution is -2.36. The van der Waals surface area contributed by atoms with Crippen LogP contribution in [-0.2, 0) is 10.0 Å². The summed E-state index contributed by atoms with van der Waals surface area (Å²) in [6.45, 7) is 1.52. The summed E-state index contributed by atoms with van der Waals surface area (Å²) in [5, 5.41) is 9.70. The molecule has 1 N–H and O–H groups in total. The Morgan fingerprint density at radius 3 is 2.39 bits per heavy atom. The van der Waals surface area contributed by atoms with Crippen molar-refractivity contribution in [1.82, 2.24) is 0 Å². The first-order valence-corrected chi connectivity index (χ1v) is 9.19. The molecule has 23 heavy (non-hydrogen) atoms. The number of rotatable bonds is 6. The van der Waals surface area contributed by atoms with E-state index in [1.165, 1.54) is 23.5 Å². The van der Waals surface area contributed by atoms with Crippen LogP contribution in [0.15, 0.2) is 57.9 Å². The summed E-state index contributed by atoms with van der Waals surface area (Å²) in [6, 6.07) is 13.3. The Morgan fingerprint density at radius 1 is 1.22 bits per heavy atom. The van der Waals surface area contributed by atoms with Crippen molar-refractivity contribution in [3.8, 4) is 5.75 Å². The number of halogens is 1. The highest BCUT2D eigenvalue weighted by Gasteiger charge is 2.26. The highest BCUT2D eigenvalue weighted by atomic mass is 79.9. The van der Waals surface area contributed by atoms with E-state index in [-0.39, 0.29) is 11.4 Å². The van der Waals surface area contributed by atoms with E-state index in [1.54, 1.807) is 43.3 Å². The Labute approximate surface area is 144 Å². The Morgan fingerprint density at radius 2 is 1.87 bits per heavy atom. The number of benzene rings is 2. The summed E-state index contributed by atoms with van der Waals surface area (Å²) >= 11 is 3.30. The lowest BCUT2D eigenvalue weighted by Gasteiger charge is -2.26. The van der Waals surface area contributed by atoms with Gasteiger partial charge in [-0.25, -0.2) is 8.42 Å². The number of para-hydroxylation sites is 1. The van der Waals surface area contributed by atoms with Gasteiger partial charge in [0.1, 0.15) is 5.75 Å². The standard InChI is InChI=1S/C16H18BrNO4S/c1-12(19)11-18(13-6-4-3-5-7-13)23(20,21)14-8-9-16(22-2)15(17)10-14/h3-10,12,19H,11H2,1-2H3. The van der Waals surface area contributed by atoms with Crippen molar-refractivity contribution < 1.29 is 18.3 Å². The first kappa shape index (κ1) is 17.8. The van der Waals surface area contributed by atoms with Crippen molar-refractivity contribution in [2.24, 2.45) is 0 Å². The van der Waals surface area contributed by atoms with Crippen LogP contribution >= 0.6 is 15.9 Å². The van der Waals surface area contributed by atoms with Gasteiger partial charge in [-0.15, -0.1) is 0 Å². The minimum absolute atomic E-state index is 0.0318. The molecule has 0 fully saturated rings. The molecular formula is C16H18BrNO4S. The highest BCUT2D eigenvalue weighted by Crippen LogP contribution is 2.30. The summed E-state index contributed by atoms with van der Waals surface area (Å²) in [6.07, 6.45) is -0.799. The van der Waals surface area contributed by atoms with Crippen LogP contribution in [0.25, 0.3) is 0 Å². The molecule has 0 radical (unpaired) electrons. The third kappa shape index (κ3) is 4.04. The van der Waals surface area contributed by atoms with Gasteiger partial charge in [-0.05, 0) is 53.2 Å². The Balaban J connectivity index is 2.50. The molecule has 0 aliphatic carbocycles. The van der Waals surface area contributed by atoms with Crippen molar-refractivity contribution >= 4 is 31.6 Å². The van der Waals surface area contributed by atoms with E-state index in [4.69, 9.17) is 4.74 Å². The van der Waals surface area contributed by atoms with E-state index < -0.39 is 16.1 Å². The second-order valence-electron chi connectivity index (χ2n) is 5.02. The summed E-state index contributed by atoms with van der Waals surface area (Å²) < 4.78 is 32.8. The van der Waals surface area contributed by atoms with Crippen LogP contribution in [0.4, 0.5) is 5.69 Å². The Hall–Kier alpha value is -1.57. The molecule has 2 aromatic carbocycles. The van der Waals surface area contributed by atoms with E-state index >= 15 is 0 Å². The number of anilines is 1.